The first kappa shape index (κ1) is 16.2. The fraction of sp³-hybridized carbons (Fsp3) is 0.462. The zero-order valence-electron chi connectivity index (χ0n) is 11.1. The van der Waals surface area contributed by atoms with Crippen LogP contribution in [0.5, 0.6) is 0 Å². The molecule has 1 atom stereocenters. The van der Waals surface area contributed by atoms with Crippen molar-refractivity contribution in [3.8, 4) is 0 Å². The van der Waals surface area contributed by atoms with Crippen molar-refractivity contribution in [3.63, 3.8) is 0 Å². The molecule has 116 valence electrons. The van der Waals surface area contributed by atoms with E-state index in [0.29, 0.717) is 19.8 Å². The van der Waals surface area contributed by atoms with Gasteiger partial charge in [-0.05, 0) is 37.0 Å². The first-order chi connectivity index (χ1) is 9.88. The third-order valence-electron chi connectivity index (χ3n) is 3.27. The van der Waals surface area contributed by atoms with Gasteiger partial charge in [-0.1, -0.05) is 0 Å². The number of amides is 1. The highest BCUT2D eigenvalue weighted by molar-refractivity contribution is 8.13. The maximum atomic E-state index is 13.7. The smallest absolute Gasteiger partial charge is 0.261 e. The second-order valence-electron chi connectivity index (χ2n) is 4.87. The molecule has 1 amide bonds. The molecule has 8 heteroatoms. The molecule has 2 rings (SSSR count). The summed E-state index contributed by atoms with van der Waals surface area (Å²) in [6.45, 7) is 1.63. The molecule has 0 radical (unpaired) electrons. The van der Waals surface area contributed by atoms with E-state index in [2.05, 4.69) is 5.32 Å². The SMILES string of the molecule is O=C(NCC1CCCOC1)c1cc(S(=O)(=O)Cl)ccc1F. The van der Waals surface area contributed by atoms with Gasteiger partial charge >= 0.3 is 0 Å². The van der Waals surface area contributed by atoms with Crippen LogP contribution in [0.1, 0.15) is 23.2 Å². The van der Waals surface area contributed by atoms with Crippen LogP contribution in [0.4, 0.5) is 4.39 Å². The molecule has 1 aliphatic heterocycles. The fourth-order valence-corrected chi connectivity index (χ4v) is 2.91. The molecule has 0 spiro atoms. The molecule has 21 heavy (non-hydrogen) atoms. The van der Waals surface area contributed by atoms with Crippen molar-refractivity contribution in [2.75, 3.05) is 19.8 Å². The van der Waals surface area contributed by atoms with Crippen LogP contribution < -0.4 is 5.32 Å². The van der Waals surface area contributed by atoms with E-state index in [1.807, 2.05) is 0 Å². The zero-order valence-corrected chi connectivity index (χ0v) is 12.7. The molecule has 0 bridgehead atoms. The zero-order chi connectivity index (χ0) is 15.5. The summed E-state index contributed by atoms with van der Waals surface area (Å²) in [5.41, 5.74) is -0.339. The highest BCUT2D eigenvalue weighted by Crippen LogP contribution is 2.19. The first-order valence-corrected chi connectivity index (χ1v) is 8.79. The largest absolute Gasteiger partial charge is 0.381 e. The highest BCUT2D eigenvalue weighted by atomic mass is 35.7. The molecule has 0 aliphatic carbocycles. The fourth-order valence-electron chi connectivity index (χ4n) is 2.13. The minimum absolute atomic E-state index is 0.186. The topological polar surface area (TPSA) is 72.5 Å². The van der Waals surface area contributed by atoms with Crippen LogP contribution in [0.2, 0.25) is 0 Å². The van der Waals surface area contributed by atoms with E-state index < -0.39 is 20.8 Å². The minimum atomic E-state index is -4.01. The average molecular weight is 336 g/mol. The summed E-state index contributed by atoms with van der Waals surface area (Å²) in [7, 11) is 1.18. The van der Waals surface area contributed by atoms with Crippen LogP contribution in [0.15, 0.2) is 23.1 Å². The van der Waals surface area contributed by atoms with Crippen LogP contribution in [0.3, 0.4) is 0 Å². The van der Waals surface area contributed by atoms with E-state index in [4.69, 9.17) is 15.4 Å². The van der Waals surface area contributed by atoms with Gasteiger partial charge in [0, 0.05) is 23.8 Å². The van der Waals surface area contributed by atoms with Gasteiger partial charge < -0.3 is 10.1 Å². The number of carbonyl (C=O) groups excluding carboxylic acids is 1. The van der Waals surface area contributed by atoms with E-state index in [-0.39, 0.29) is 16.4 Å². The Morgan fingerprint density at radius 2 is 2.24 bits per heavy atom. The van der Waals surface area contributed by atoms with Crippen LogP contribution in [-0.4, -0.2) is 34.1 Å². The average Bonchev–Trinajstić information content (AvgIpc) is 2.45. The van der Waals surface area contributed by atoms with Gasteiger partial charge in [-0.15, -0.1) is 0 Å². The number of carbonyl (C=O) groups is 1. The number of hydrogen-bond donors (Lipinski definition) is 1. The first-order valence-electron chi connectivity index (χ1n) is 6.48. The summed E-state index contributed by atoms with van der Waals surface area (Å²) in [4.78, 5) is 11.6. The van der Waals surface area contributed by atoms with Crippen molar-refractivity contribution in [3.05, 3.63) is 29.6 Å². The van der Waals surface area contributed by atoms with E-state index in [1.54, 1.807) is 0 Å². The monoisotopic (exact) mass is 335 g/mol. The molecule has 5 nitrogen and oxygen atoms in total. The number of hydrogen-bond acceptors (Lipinski definition) is 4. The van der Waals surface area contributed by atoms with Gasteiger partial charge in [-0.3, -0.25) is 4.79 Å². The predicted octanol–water partition coefficient (Wildman–Crippen LogP) is 1.91. The van der Waals surface area contributed by atoms with Gasteiger partial charge in [0.25, 0.3) is 15.0 Å². The summed E-state index contributed by atoms with van der Waals surface area (Å²) in [5.74, 6) is -1.28. The van der Waals surface area contributed by atoms with Crippen molar-refractivity contribution in [1.29, 1.82) is 0 Å². The Morgan fingerprint density at radius 3 is 2.86 bits per heavy atom. The number of rotatable bonds is 4. The normalized spacial score (nSPS) is 19.2. The molecule has 0 aromatic heterocycles. The summed E-state index contributed by atoms with van der Waals surface area (Å²) < 4.78 is 41.4. The van der Waals surface area contributed by atoms with Gasteiger partial charge in [-0.2, -0.15) is 0 Å². The Morgan fingerprint density at radius 1 is 1.48 bits per heavy atom. The van der Waals surface area contributed by atoms with Gasteiger partial charge in [0.1, 0.15) is 5.82 Å². The van der Waals surface area contributed by atoms with Crippen molar-refractivity contribution < 1.29 is 22.3 Å². The number of ether oxygens (including phenoxy) is 1. The Kier molecular flexibility index (Phi) is 5.18. The van der Waals surface area contributed by atoms with Crippen molar-refractivity contribution >= 4 is 25.6 Å². The minimum Gasteiger partial charge on any atom is -0.381 e. The molecule has 1 fully saturated rings. The molecular weight excluding hydrogens is 321 g/mol. The van der Waals surface area contributed by atoms with E-state index >= 15 is 0 Å². The number of nitrogens with one attached hydrogen (secondary N) is 1. The van der Waals surface area contributed by atoms with Crippen molar-refractivity contribution in [1.82, 2.24) is 5.32 Å². The summed E-state index contributed by atoms with van der Waals surface area (Å²) in [6, 6.07) is 2.86. The predicted molar refractivity (Wildman–Crippen MR) is 75.3 cm³/mol. The van der Waals surface area contributed by atoms with E-state index in [1.165, 1.54) is 0 Å². The molecule has 1 aromatic rings. The molecule has 1 N–H and O–H groups in total. The maximum Gasteiger partial charge on any atom is 0.261 e. The second kappa shape index (κ2) is 6.72. The molecular formula is C13H15ClFNO4S. The summed E-state index contributed by atoms with van der Waals surface area (Å²) in [6.07, 6.45) is 1.85. The van der Waals surface area contributed by atoms with Gasteiger partial charge in [-0.25, -0.2) is 12.8 Å². The van der Waals surface area contributed by atoms with E-state index in [9.17, 15) is 17.6 Å². The Hall–Kier alpha value is -1.18. The molecule has 0 saturated carbocycles. The van der Waals surface area contributed by atoms with Crippen molar-refractivity contribution in [2.24, 2.45) is 5.92 Å². The van der Waals surface area contributed by atoms with Crippen molar-refractivity contribution in [2.45, 2.75) is 17.7 Å². The Labute approximate surface area is 126 Å². The summed E-state index contributed by atoms with van der Waals surface area (Å²) >= 11 is 0. The maximum absolute atomic E-state index is 13.7. The Balaban J connectivity index is 2.07. The second-order valence-corrected chi connectivity index (χ2v) is 7.44. The lowest BCUT2D eigenvalue weighted by atomic mass is 10.0. The van der Waals surface area contributed by atoms with Crippen LogP contribution in [0, 0.1) is 11.7 Å². The van der Waals surface area contributed by atoms with Crippen LogP contribution in [0.25, 0.3) is 0 Å². The molecule has 1 aromatic carbocycles. The number of halogens is 2. The van der Waals surface area contributed by atoms with E-state index in [0.717, 1.165) is 31.0 Å². The highest BCUT2D eigenvalue weighted by Gasteiger charge is 2.19. The Bertz CT molecular complexity index is 629. The third-order valence-corrected chi connectivity index (χ3v) is 4.62. The lowest BCUT2D eigenvalue weighted by molar-refractivity contribution is 0.0536. The number of benzene rings is 1. The summed E-state index contributed by atoms with van der Waals surface area (Å²) in [5, 5.41) is 2.59. The lowest BCUT2D eigenvalue weighted by Gasteiger charge is -2.22. The van der Waals surface area contributed by atoms with Gasteiger partial charge in [0.15, 0.2) is 0 Å². The standard InChI is InChI=1S/C13H15ClFNO4S/c14-21(18,19)10-3-4-12(15)11(6-10)13(17)16-7-9-2-1-5-20-8-9/h3-4,6,9H,1-2,5,7-8H2,(H,16,17). The molecule has 1 aliphatic rings. The lowest BCUT2D eigenvalue weighted by Crippen LogP contribution is -2.33. The molecule has 1 unspecified atom stereocenters. The molecule has 1 saturated heterocycles. The molecule has 1 heterocycles. The van der Waals surface area contributed by atoms with Crippen LogP contribution in [-0.2, 0) is 13.8 Å². The third kappa shape index (κ3) is 4.39. The quantitative estimate of drug-likeness (QED) is 0.853. The van der Waals surface area contributed by atoms with Gasteiger partial charge in [0.2, 0.25) is 0 Å². The van der Waals surface area contributed by atoms with Crippen LogP contribution >= 0.6 is 10.7 Å². The van der Waals surface area contributed by atoms with Gasteiger partial charge in [0.05, 0.1) is 17.1 Å².